The van der Waals surface area contributed by atoms with Gasteiger partial charge in [0.15, 0.2) is 18.0 Å². The van der Waals surface area contributed by atoms with Crippen molar-refractivity contribution in [3.05, 3.63) is 38.8 Å². The van der Waals surface area contributed by atoms with Crippen LogP contribution in [0.2, 0.25) is 0 Å². The predicted molar refractivity (Wildman–Crippen MR) is 167 cm³/mol. The summed E-state index contributed by atoms with van der Waals surface area (Å²) in [6.45, 7) is -2.18. The Balaban J connectivity index is 1.05. The first-order valence-electron chi connectivity index (χ1n) is 15.1. The number of nitrogens with one attached hydrogen (secondary N) is 2. The summed E-state index contributed by atoms with van der Waals surface area (Å²) >= 11 is 0. The van der Waals surface area contributed by atoms with E-state index in [1.54, 1.807) is 0 Å². The van der Waals surface area contributed by atoms with E-state index in [1.165, 1.54) is 23.9 Å². The van der Waals surface area contributed by atoms with Gasteiger partial charge in [-0.25, -0.2) is 18.6 Å². The number of imidazole rings is 1. The number of phosphoric acid groups is 3. The molecular weight excluding hydrogens is 781 g/mol. The summed E-state index contributed by atoms with van der Waals surface area (Å²) in [7, 11) is -15.6. The maximum absolute atomic E-state index is 12.5. The third-order valence-corrected chi connectivity index (χ3v) is 12.5. The number of rotatable bonds is 13. The van der Waals surface area contributed by atoms with Crippen LogP contribution in [0.5, 0.6) is 0 Å². The monoisotopic (exact) mass is 812 g/mol. The molecule has 29 heteroatoms. The zero-order chi connectivity index (χ0) is 38.8. The number of ether oxygens (including phenoxy) is 3. The Labute approximate surface area is 295 Å². The standard InChI is InChI=1S/C24H33N8O18P3/c1-31-4-8(13-15(31)22(37)30-24(26)29-13)19-18(35)20(44-2)11(47-19)6-46-52(40,41)50-53(42,43)49-51(38,39)45-5-10-16(33)17(34)23(48-10)32-7-27-14-9(32)3-12(25)28-21(14)36/h3-4,7-8,10-11,16-20,23,33-35H,5-6H2,1-2H3,(H8-,25,26,28,29,30,36,37,38,39,40,41,42,43)/p-2. The summed E-state index contributed by atoms with van der Waals surface area (Å²) in [4.78, 5) is 74.3. The number of aliphatic hydroxyl groups is 3. The van der Waals surface area contributed by atoms with Crippen LogP contribution in [0, 0.1) is 0 Å². The second-order valence-corrected chi connectivity index (χ2v) is 16.4. The Hall–Kier alpha value is -3.26. The van der Waals surface area contributed by atoms with Crippen LogP contribution < -0.4 is 37.3 Å². The number of aromatic nitrogens is 5. The van der Waals surface area contributed by atoms with Crippen LogP contribution in [0.25, 0.3) is 11.0 Å². The van der Waals surface area contributed by atoms with Crippen molar-refractivity contribution in [2.75, 3.05) is 38.8 Å². The Bertz CT molecular complexity index is 2200. The molecule has 0 aromatic carbocycles. The van der Waals surface area contributed by atoms with Gasteiger partial charge < -0.3 is 74.3 Å². The summed E-state index contributed by atoms with van der Waals surface area (Å²) in [5.41, 5.74) is 10.3. The van der Waals surface area contributed by atoms with Crippen molar-refractivity contribution in [3.8, 4) is 0 Å². The number of H-pyrrole nitrogens is 2. The van der Waals surface area contributed by atoms with Crippen molar-refractivity contribution in [2.45, 2.75) is 54.9 Å². The molecular formula is C24H31N8O18P3-2. The number of aliphatic hydroxyl groups excluding tert-OH is 3. The van der Waals surface area contributed by atoms with E-state index in [-0.39, 0.29) is 34.2 Å². The van der Waals surface area contributed by atoms with Crippen molar-refractivity contribution in [1.82, 2.24) is 24.5 Å². The molecule has 3 aromatic rings. The predicted octanol–water partition coefficient (Wildman–Crippen LogP) is -4.65. The minimum Gasteiger partial charge on any atom is -0.756 e. The lowest BCUT2D eigenvalue weighted by Gasteiger charge is -2.35. The first kappa shape index (κ1) is 39.4. The Morgan fingerprint density at radius 3 is 2.23 bits per heavy atom. The number of fused-ring (bicyclic) bond motifs is 2. The van der Waals surface area contributed by atoms with Crippen molar-refractivity contribution in [3.63, 3.8) is 0 Å². The van der Waals surface area contributed by atoms with Crippen LogP contribution in [-0.2, 0) is 45.6 Å². The summed E-state index contributed by atoms with van der Waals surface area (Å²) in [6, 6.07) is 1.28. The summed E-state index contributed by atoms with van der Waals surface area (Å²) < 4.78 is 72.9. The molecule has 12 unspecified atom stereocenters. The lowest BCUT2D eigenvalue weighted by molar-refractivity contribution is -0.398. The molecule has 9 N–H and O–H groups in total. The maximum atomic E-state index is 12.5. The van der Waals surface area contributed by atoms with Crippen LogP contribution in [0.15, 0.2) is 22.0 Å². The SMILES string of the molecule is COC1C(COP(=O)([O-])OP(=O)([O-])OP(=O)([O-])OCC2OC(n3cnc4c(=O)[nH]c(N)cc43)C(O)C2O)OC(C2C=[N+](C)c3c2nc(N)[nH]c3=O)C1O. The normalized spacial score (nSPS) is 31.9. The molecule has 0 saturated carbocycles. The van der Waals surface area contributed by atoms with Gasteiger partial charge in [-0.15, -0.1) is 0 Å². The number of hydrogen-bond acceptors (Lipinski definition) is 22. The van der Waals surface area contributed by atoms with Gasteiger partial charge in [0.1, 0.15) is 67.2 Å². The fraction of sp³-hybridized carbons (Fsp3) is 0.542. The minimum absolute atomic E-state index is 0.0704. The molecule has 6 rings (SSSR count). The van der Waals surface area contributed by atoms with Gasteiger partial charge in [0.2, 0.25) is 5.95 Å². The Morgan fingerprint density at radius 1 is 0.943 bits per heavy atom. The van der Waals surface area contributed by atoms with E-state index >= 15 is 0 Å². The lowest BCUT2D eigenvalue weighted by Crippen LogP contribution is -2.38. The summed E-state index contributed by atoms with van der Waals surface area (Å²) in [5.74, 6) is -1.17. The van der Waals surface area contributed by atoms with Gasteiger partial charge >= 0.3 is 5.56 Å². The van der Waals surface area contributed by atoms with Gasteiger partial charge in [-0.1, -0.05) is 0 Å². The highest BCUT2D eigenvalue weighted by Gasteiger charge is 2.52. The molecule has 0 radical (unpaired) electrons. The number of hydrogen-bond donors (Lipinski definition) is 7. The van der Waals surface area contributed by atoms with E-state index in [0.717, 1.165) is 18.0 Å². The van der Waals surface area contributed by atoms with Gasteiger partial charge in [0.25, 0.3) is 34.7 Å². The molecule has 53 heavy (non-hydrogen) atoms. The van der Waals surface area contributed by atoms with Crippen molar-refractivity contribution >= 4 is 58.2 Å². The van der Waals surface area contributed by atoms with Gasteiger partial charge in [0, 0.05) is 13.2 Å². The van der Waals surface area contributed by atoms with Crippen LogP contribution in [0.4, 0.5) is 17.5 Å². The fourth-order valence-corrected chi connectivity index (χ4v) is 9.57. The topological polar surface area (TPSA) is 397 Å². The average Bonchev–Trinajstić information content (AvgIpc) is 3.76. The van der Waals surface area contributed by atoms with E-state index in [1.807, 2.05) is 0 Å². The molecule has 292 valence electrons. The van der Waals surface area contributed by atoms with E-state index in [9.17, 15) is 53.3 Å². The molecule has 3 aliphatic heterocycles. The summed E-state index contributed by atoms with van der Waals surface area (Å²) in [6.07, 6.45) is -9.46. The molecule has 0 amide bonds. The number of nitrogens with zero attached hydrogens (tertiary/aromatic N) is 4. The van der Waals surface area contributed by atoms with E-state index in [4.69, 9.17) is 25.7 Å². The highest BCUT2D eigenvalue weighted by Crippen LogP contribution is 2.63. The van der Waals surface area contributed by atoms with Crippen LogP contribution >= 0.6 is 23.5 Å². The van der Waals surface area contributed by atoms with Gasteiger partial charge in [-0.05, 0) is 0 Å². The lowest BCUT2D eigenvalue weighted by atomic mass is 9.94. The Morgan fingerprint density at radius 2 is 1.58 bits per heavy atom. The second-order valence-electron chi connectivity index (χ2n) is 11.9. The third-order valence-electron chi connectivity index (χ3n) is 8.39. The number of pyridine rings is 1. The van der Waals surface area contributed by atoms with E-state index in [2.05, 4.69) is 37.6 Å². The first-order valence-corrected chi connectivity index (χ1v) is 19.4. The quantitative estimate of drug-likeness (QED) is 0.0630. The molecule has 26 nitrogen and oxygen atoms in total. The molecule has 2 fully saturated rings. The maximum Gasteiger partial charge on any atom is 0.324 e. The fourth-order valence-electron chi connectivity index (χ4n) is 6.19. The molecule has 3 aromatic heterocycles. The highest BCUT2D eigenvalue weighted by atomic mass is 31.3. The molecule has 0 spiro atoms. The number of nitrogen functional groups attached to an aromatic ring is 2. The van der Waals surface area contributed by atoms with Gasteiger partial charge in [-0.2, -0.15) is 4.58 Å². The van der Waals surface area contributed by atoms with Crippen LogP contribution in [0.1, 0.15) is 17.8 Å². The summed E-state index contributed by atoms with van der Waals surface area (Å²) in [5, 5.41) is 31.9. The molecule has 2 saturated heterocycles. The zero-order valence-corrected chi connectivity index (χ0v) is 29.8. The van der Waals surface area contributed by atoms with Crippen molar-refractivity contribution in [1.29, 1.82) is 0 Å². The number of methoxy groups -OCH3 is 1. The minimum atomic E-state index is -6.34. The molecule has 3 aliphatic rings. The highest BCUT2D eigenvalue weighted by molar-refractivity contribution is 7.65. The number of nitrogens with two attached hydrogens (primary N) is 2. The average molecular weight is 812 g/mol. The van der Waals surface area contributed by atoms with E-state index in [0.29, 0.717) is 0 Å². The van der Waals surface area contributed by atoms with Crippen LogP contribution in [0.3, 0.4) is 0 Å². The van der Waals surface area contributed by atoms with Crippen molar-refractivity contribution < 1.29 is 80.1 Å². The van der Waals surface area contributed by atoms with Crippen molar-refractivity contribution in [2.24, 2.45) is 0 Å². The third kappa shape index (κ3) is 7.95. The number of phosphoric ester groups is 2. The number of aromatic amines is 2. The Kier molecular flexibility index (Phi) is 10.7. The van der Waals surface area contributed by atoms with Crippen LogP contribution in [-0.4, -0.2) is 121 Å². The molecule has 0 bridgehead atoms. The van der Waals surface area contributed by atoms with E-state index < -0.39 is 103 Å². The largest absolute Gasteiger partial charge is 0.756 e. The molecule has 6 heterocycles. The second kappa shape index (κ2) is 14.4. The van der Waals surface area contributed by atoms with Gasteiger partial charge in [-0.3, -0.25) is 28.3 Å². The van der Waals surface area contributed by atoms with Gasteiger partial charge in [0.05, 0.1) is 25.1 Å². The molecule has 12 atom stereocenters. The zero-order valence-electron chi connectivity index (χ0n) is 27.1. The molecule has 0 aliphatic carbocycles. The first-order chi connectivity index (χ1) is 24.7. The number of anilines is 2. The smallest absolute Gasteiger partial charge is 0.324 e.